The molecule has 0 saturated carbocycles. The van der Waals surface area contributed by atoms with Gasteiger partial charge in [0.05, 0.1) is 12.5 Å². The van der Waals surface area contributed by atoms with Crippen LogP contribution in [-0.2, 0) is 23.8 Å². The molecule has 0 radical (unpaired) electrons. The molecule has 11 heteroatoms. The van der Waals surface area contributed by atoms with E-state index < -0.39 is 30.2 Å². The zero-order chi connectivity index (χ0) is 18.7. The van der Waals surface area contributed by atoms with Gasteiger partial charge in [0.2, 0.25) is 0 Å². The topological polar surface area (TPSA) is 126 Å². The van der Waals surface area contributed by atoms with E-state index in [9.17, 15) is 14.7 Å². The first-order valence-corrected chi connectivity index (χ1v) is 8.51. The maximum Gasteiger partial charge on any atom is 0.303 e. The van der Waals surface area contributed by atoms with Gasteiger partial charge < -0.3 is 19.3 Å². The number of carbonyl (C=O) groups is 2. The molecular formula is C15H16N4O6S. The fourth-order valence-electron chi connectivity index (χ4n) is 2.46. The standard InChI is InChI=1S/C15H16N4O6S/c1-8(20)24-6-13-14(25-9(2)21)12(3-4-23-13)19-5-10(17-18-19)11-7-26-15(22)16-11/h3-5,7,12-14H,6H2,1-2H3,(H,16,22)/t12-,13?,14?/m1/s1. The number of carbonyl (C=O) groups excluding carboxylic acids is 2. The lowest BCUT2D eigenvalue weighted by molar-refractivity contribution is -0.163. The predicted octanol–water partition coefficient (Wildman–Crippen LogP) is 1.06. The van der Waals surface area contributed by atoms with Crippen LogP contribution in [0.3, 0.4) is 0 Å². The van der Waals surface area contributed by atoms with Crippen LogP contribution >= 0.6 is 11.3 Å². The van der Waals surface area contributed by atoms with Crippen LogP contribution < -0.4 is 0 Å². The molecule has 26 heavy (non-hydrogen) atoms. The minimum absolute atomic E-state index is 0.0697. The van der Waals surface area contributed by atoms with E-state index >= 15 is 0 Å². The van der Waals surface area contributed by atoms with Crippen molar-refractivity contribution in [1.82, 2.24) is 20.0 Å². The summed E-state index contributed by atoms with van der Waals surface area (Å²) in [5.74, 6) is -0.968. The highest BCUT2D eigenvalue weighted by Crippen LogP contribution is 2.28. The van der Waals surface area contributed by atoms with Crippen LogP contribution in [-0.4, -0.2) is 55.8 Å². The monoisotopic (exact) mass is 380 g/mol. The fraction of sp³-hybridized carbons (Fsp3) is 0.400. The molecular weight excluding hydrogens is 364 g/mol. The molecule has 2 aromatic rings. The van der Waals surface area contributed by atoms with E-state index in [0.717, 1.165) is 11.3 Å². The summed E-state index contributed by atoms with van der Waals surface area (Å²) in [5, 5.41) is 19.0. The Labute approximate surface area is 152 Å². The number of esters is 2. The molecule has 0 saturated heterocycles. The Morgan fingerprint density at radius 3 is 2.81 bits per heavy atom. The molecule has 1 aliphatic rings. The highest BCUT2D eigenvalue weighted by Gasteiger charge is 2.37. The lowest BCUT2D eigenvalue weighted by Crippen LogP contribution is -2.44. The molecule has 0 bridgehead atoms. The van der Waals surface area contributed by atoms with E-state index in [1.54, 1.807) is 17.7 Å². The average Bonchev–Trinajstić information content (AvgIpc) is 3.22. The molecule has 1 aliphatic heterocycles. The molecule has 3 rings (SSSR count). The summed E-state index contributed by atoms with van der Waals surface area (Å²) in [6.45, 7) is 2.49. The van der Waals surface area contributed by atoms with Crippen LogP contribution in [0.1, 0.15) is 19.9 Å². The Bertz CT molecular complexity index is 832. The summed E-state index contributed by atoms with van der Waals surface area (Å²) < 4.78 is 17.3. The minimum Gasteiger partial charge on any atom is -0.491 e. The van der Waals surface area contributed by atoms with Gasteiger partial charge in [-0.2, -0.15) is 0 Å². The third kappa shape index (κ3) is 3.99. The number of ether oxygens (including phenoxy) is 3. The van der Waals surface area contributed by atoms with Crippen molar-refractivity contribution in [1.29, 1.82) is 0 Å². The second kappa shape index (κ2) is 7.52. The Morgan fingerprint density at radius 1 is 1.35 bits per heavy atom. The van der Waals surface area contributed by atoms with Crippen molar-refractivity contribution >= 4 is 23.3 Å². The van der Waals surface area contributed by atoms with E-state index in [-0.39, 0.29) is 11.8 Å². The van der Waals surface area contributed by atoms with Gasteiger partial charge in [-0.25, -0.2) is 9.67 Å². The van der Waals surface area contributed by atoms with Crippen LogP contribution in [0.2, 0.25) is 0 Å². The van der Waals surface area contributed by atoms with E-state index in [1.165, 1.54) is 24.8 Å². The van der Waals surface area contributed by atoms with Crippen molar-refractivity contribution in [3.05, 3.63) is 23.9 Å². The number of aromatic nitrogens is 4. The summed E-state index contributed by atoms with van der Waals surface area (Å²) >= 11 is 1.08. The molecule has 0 amide bonds. The lowest BCUT2D eigenvalue weighted by Gasteiger charge is -2.33. The zero-order valence-corrected chi connectivity index (χ0v) is 14.8. The van der Waals surface area contributed by atoms with Crippen molar-refractivity contribution in [2.75, 3.05) is 6.61 Å². The highest BCUT2D eigenvalue weighted by molar-refractivity contribution is 7.11. The number of hydrogen-bond donors (Lipinski definition) is 1. The van der Waals surface area contributed by atoms with Gasteiger partial charge in [-0.3, -0.25) is 9.59 Å². The molecule has 3 heterocycles. The van der Waals surface area contributed by atoms with Crippen molar-refractivity contribution in [3.8, 4) is 16.6 Å². The van der Waals surface area contributed by atoms with Gasteiger partial charge in [-0.05, 0) is 6.08 Å². The van der Waals surface area contributed by atoms with Gasteiger partial charge in [-0.1, -0.05) is 16.6 Å². The second-order valence-electron chi connectivity index (χ2n) is 5.47. The van der Waals surface area contributed by atoms with E-state index in [2.05, 4.69) is 15.3 Å². The van der Waals surface area contributed by atoms with Crippen molar-refractivity contribution < 1.29 is 28.9 Å². The van der Waals surface area contributed by atoms with E-state index in [4.69, 9.17) is 14.2 Å². The van der Waals surface area contributed by atoms with Crippen LogP contribution in [0.25, 0.3) is 11.4 Å². The molecule has 0 fully saturated rings. The predicted molar refractivity (Wildman–Crippen MR) is 88.0 cm³/mol. The zero-order valence-electron chi connectivity index (χ0n) is 13.9. The first-order chi connectivity index (χ1) is 12.4. The summed E-state index contributed by atoms with van der Waals surface area (Å²) in [7, 11) is 0. The highest BCUT2D eigenvalue weighted by atomic mass is 32.1. The Kier molecular flexibility index (Phi) is 5.16. The number of aromatic hydroxyl groups is 1. The SMILES string of the molecule is CC(=O)OCC1OC=C[C@@H](n2cc(-c3csc(O)n3)nn2)C1OC(C)=O. The average molecular weight is 380 g/mol. The molecule has 3 atom stereocenters. The first-order valence-electron chi connectivity index (χ1n) is 7.63. The van der Waals surface area contributed by atoms with Gasteiger partial charge in [0.25, 0.3) is 5.19 Å². The minimum atomic E-state index is -0.768. The number of hydrogen-bond acceptors (Lipinski definition) is 10. The molecule has 2 aromatic heterocycles. The van der Waals surface area contributed by atoms with Gasteiger partial charge in [-0.15, -0.1) is 5.10 Å². The molecule has 1 N–H and O–H groups in total. The van der Waals surface area contributed by atoms with Crippen LogP contribution in [0.5, 0.6) is 5.19 Å². The maximum atomic E-state index is 11.5. The molecule has 2 unspecified atom stereocenters. The van der Waals surface area contributed by atoms with Crippen LogP contribution in [0.15, 0.2) is 23.9 Å². The first kappa shape index (κ1) is 17.9. The van der Waals surface area contributed by atoms with Gasteiger partial charge >= 0.3 is 11.9 Å². The number of rotatable bonds is 5. The Morgan fingerprint density at radius 2 is 2.15 bits per heavy atom. The molecule has 10 nitrogen and oxygen atoms in total. The number of thiazole rings is 1. The summed E-state index contributed by atoms with van der Waals surface area (Å²) in [6, 6.07) is -0.512. The van der Waals surface area contributed by atoms with E-state index in [1.807, 2.05) is 0 Å². The van der Waals surface area contributed by atoms with Gasteiger partial charge in [0, 0.05) is 19.2 Å². The van der Waals surface area contributed by atoms with Crippen LogP contribution in [0, 0.1) is 0 Å². The van der Waals surface area contributed by atoms with Crippen molar-refractivity contribution in [3.63, 3.8) is 0 Å². The largest absolute Gasteiger partial charge is 0.491 e. The maximum absolute atomic E-state index is 11.5. The Balaban J connectivity index is 1.85. The second-order valence-corrected chi connectivity index (χ2v) is 6.31. The van der Waals surface area contributed by atoms with Crippen molar-refractivity contribution in [2.45, 2.75) is 32.1 Å². The third-order valence-corrected chi connectivity index (χ3v) is 4.20. The molecule has 0 aromatic carbocycles. The quantitative estimate of drug-likeness (QED) is 0.758. The molecule has 0 spiro atoms. The fourth-order valence-corrected chi connectivity index (χ4v) is 3.01. The van der Waals surface area contributed by atoms with E-state index in [0.29, 0.717) is 11.4 Å². The molecule has 138 valence electrons. The van der Waals surface area contributed by atoms with Gasteiger partial charge in [0.15, 0.2) is 12.2 Å². The molecule has 0 aliphatic carbocycles. The van der Waals surface area contributed by atoms with Gasteiger partial charge in [0.1, 0.15) is 24.0 Å². The lowest BCUT2D eigenvalue weighted by atomic mass is 10.0. The third-order valence-electron chi connectivity index (χ3n) is 3.56. The smallest absolute Gasteiger partial charge is 0.303 e. The van der Waals surface area contributed by atoms with Crippen molar-refractivity contribution in [2.24, 2.45) is 0 Å². The Hall–Kier alpha value is -2.95. The van der Waals surface area contributed by atoms with Crippen LogP contribution in [0.4, 0.5) is 0 Å². The summed E-state index contributed by atoms with van der Waals surface area (Å²) in [6.07, 6.45) is 3.27. The number of nitrogens with zero attached hydrogens (tertiary/aromatic N) is 4. The summed E-state index contributed by atoms with van der Waals surface area (Å²) in [4.78, 5) is 26.5. The normalized spacial score (nSPS) is 21.8. The summed E-state index contributed by atoms with van der Waals surface area (Å²) in [5.41, 5.74) is 0.940.